The molecule has 2 aromatic heterocycles. The summed E-state index contributed by atoms with van der Waals surface area (Å²) >= 11 is 0.927. The number of nitrogens with two attached hydrogens (primary N) is 1. The molecule has 2 aromatic rings. The maximum Gasteiger partial charge on any atom is 0.197 e. The number of pyridine rings is 1. The number of hydrogen-bond acceptors (Lipinski definition) is 5. The van der Waals surface area contributed by atoms with E-state index in [0.29, 0.717) is 11.2 Å². The van der Waals surface area contributed by atoms with Crippen molar-refractivity contribution >= 4 is 17.6 Å². The van der Waals surface area contributed by atoms with Crippen molar-refractivity contribution in [3.8, 4) is 0 Å². The van der Waals surface area contributed by atoms with Crippen molar-refractivity contribution < 1.29 is 8.78 Å². The third kappa shape index (κ3) is 1.96. The van der Waals surface area contributed by atoms with Gasteiger partial charge in [-0.1, -0.05) is 0 Å². The topological polar surface area (TPSA) is 69.6 Å². The molecule has 5 nitrogen and oxygen atoms in total. The molecule has 0 aliphatic rings. The fraction of sp³-hybridized carbons (Fsp3) is 0.125. The van der Waals surface area contributed by atoms with Crippen LogP contribution in [0.1, 0.15) is 0 Å². The van der Waals surface area contributed by atoms with Gasteiger partial charge < -0.3 is 10.3 Å². The average Bonchev–Trinajstić information content (AvgIpc) is 2.61. The fourth-order valence-corrected chi connectivity index (χ4v) is 1.74. The molecule has 2 N–H and O–H groups in total. The van der Waals surface area contributed by atoms with Gasteiger partial charge in [-0.25, -0.2) is 13.8 Å². The van der Waals surface area contributed by atoms with Crippen LogP contribution in [0.15, 0.2) is 22.6 Å². The largest absolute Gasteiger partial charge is 0.381 e. The summed E-state index contributed by atoms with van der Waals surface area (Å²) in [6.45, 7) is 0. The van der Waals surface area contributed by atoms with Gasteiger partial charge in [0, 0.05) is 13.1 Å². The molecule has 2 heterocycles. The summed E-state index contributed by atoms with van der Waals surface area (Å²) in [5.74, 6) is -1.99. The number of aryl methyl sites for hydroxylation is 1. The average molecular weight is 243 g/mol. The number of aromatic nitrogens is 4. The number of hydrogen-bond donors (Lipinski definition) is 1. The second-order valence-corrected chi connectivity index (χ2v) is 3.92. The van der Waals surface area contributed by atoms with Crippen LogP contribution in [0.2, 0.25) is 0 Å². The van der Waals surface area contributed by atoms with Gasteiger partial charge in [0.2, 0.25) is 0 Å². The highest BCUT2D eigenvalue weighted by atomic mass is 32.2. The van der Waals surface area contributed by atoms with Crippen LogP contribution in [0.25, 0.3) is 0 Å². The van der Waals surface area contributed by atoms with Crippen LogP contribution < -0.4 is 5.73 Å². The van der Waals surface area contributed by atoms with Gasteiger partial charge in [-0.2, -0.15) is 0 Å². The van der Waals surface area contributed by atoms with Crippen molar-refractivity contribution in [2.24, 2.45) is 7.05 Å². The van der Waals surface area contributed by atoms with Crippen LogP contribution >= 0.6 is 11.8 Å². The first-order valence-electron chi connectivity index (χ1n) is 4.21. The van der Waals surface area contributed by atoms with E-state index in [1.807, 2.05) is 0 Å². The quantitative estimate of drug-likeness (QED) is 0.858. The van der Waals surface area contributed by atoms with Crippen LogP contribution in [-0.2, 0) is 7.05 Å². The number of nitrogens with zero attached hydrogens (tertiary/aromatic N) is 4. The summed E-state index contributed by atoms with van der Waals surface area (Å²) in [4.78, 5) is 3.60. The molecule has 0 bridgehead atoms. The Morgan fingerprint density at radius 2 is 2.12 bits per heavy atom. The Morgan fingerprint density at radius 3 is 2.75 bits per heavy atom. The minimum atomic E-state index is -0.875. The molecule has 0 atom stereocenters. The summed E-state index contributed by atoms with van der Waals surface area (Å²) in [5.41, 5.74) is 5.25. The van der Waals surface area contributed by atoms with E-state index >= 15 is 0 Å². The van der Waals surface area contributed by atoms with E-state index in [2.05, 4.69) is 15.2 Å². The van der Waals surface area contributed by atoms with E-state index in [0.717, 1.165) is 11.8 Å². The SMILES string of the molecule is Cn1cnnc1Sc1nc(N)c(F)cc1F. The first kappa shape index (κ1) is 10.8. The highest BCUT2D eigenvalue weighted by molar-refractivity contribution is 7.99. The number of nitrogen functional groups attached to an aromatic ring is 1. The summed E-state index contributed by atoms with van der Waals surface area (Å²) in [5, 5.41) is 7.77. The third-order valence-electron chi connectivity index (χ3n) is 1.78. The Labute approximate surface area is 93.7 Å². The first-order valence-corrected chi connectivity index (χ1v) is 5.03. The molecule has 0 aromatic carbocycles. The van der Waals surface area contributed by atoms with E-state index < -0.39 is 11.6 Å². The Morgan fingerprint density at radius 1 is 1.38 bits per heavy atom. The van der Waals surface area contributed by atoms with E-state index in [4.69, 9.17) is 5.73 Å². The van der Waals surface area contributed by atoms with Crippen LogP contribution in [0, 0.1) is 11.6 Å². The predicted molar refractivity (Wildman–Crippen MR) is 53.7 cm³/mol. The molecule has 0 fully saturated rings. The van der Waals surface area contributed by atoms with Crippen molar-refractivity contribution in [2.75, 3.05) is 5.73 Å². The van der Waals surface area contributed by atoms with E-state index in [1.54, 1.807) is 11.6 Å². The first-order chi connectivity index (χ1) is 7.58. The summed E-state index contributed by atoms with van der Waals surface area (Å²) in [6, 6.07) is 0.695. The molecule has 0 aliphatic carbocycles. The molecular formula is C8H7F2N5S. The summed E-state index contributed by atoms with van der Waals surface area (Å²) < 4.78 is 27.8. The number of anilines is 1. The molecule has 2 rings (SSSR count). The van der Waals surface area contributed by atoms with E-state index in [-0.39, 0.29) is 10.8 Å². The van der Waals surface area contributed by atoms with Gasteiger partial charge in [-0.05, 0) is 11.8 Å². The van der Waals surface area contributed by atoms with Gasteiger partial charge in [0.15, 0.2) is 22.6 Å². The smallest absolute Gasteiger partial charge is 0.197 e. The molecule has 0 spiro atoms. The fourth-order valence-electron chi connectivity index (χ4n) is 0.986. The van der Waals surface area contributed by atoms with Crippen LogP contribution in [0.5, 0.6) is 0 Å². The van der Waals surface area contributed by atoms with E-state index in [1.165, 1.54) is 6.33 Å². The zero-order valence-corrected chi connectivity index (χ0v) is 9.00. The summed E-state index contributed by atoms with van der Waals surface area (Å²) in [6.07, 6.45) is 1.47. The molecule has 0 amide bonds. The standard InChI is InChI=1S/C8H7F2N5S/c1-15-3-12-14-8(15)16-7-5(10)2-4(9)6(11)13-7/h2-3H,1H3,(H2,11,13). The Hall–Kier alpha value is -1.70. The van der Waals surface area contributed by atoms with Crippen molar-refractivity contribution in [3.05, 3.63) is 24.0 Å². The van der Waals surface area contributed by atoms with Crippen LogP contribution in [0.3, 0.4) is 0 Å². The van der Waals surface area contributed by atoms with Gasteiger partial charge in [0.05, 0.1) is 0 Å². The highest BCUT2D eigenvalue weighted by Crippen LogP contribution is 2.27. The third-order valence-corrected chi connectivity index (χ3v) is 2.81. The van der Waals surface area contributed by atoms with Gasteiger partial charge >= 0.3 is 0 Å². The zero-order chi connectivity index (χ0) is 11.7. The Kier molecular flexibility index (Phi) is 2.73. The van der Waals surface area contributed by atoms with Gasteiger partial charge in [-0.3, -0.25) is 0 Å². The van der Waals surface area contributed by atoms with Crippen molar-refractivity contribution in [3.63, 3.8) is 0 Å². The van der Waals surface area contributed by atoms with E-state index in [9.17, 15) is 8.78 Å². The van der Waals surface area contributed by atoms with Gasteiger partial charge in [0.1, 0.15) is 11.4 Å². The lowest BCUT2D eigenvalue weighted by Gasteiger charge is -2.03. The second-order valence-electron chi connectivity index (χ2n) is 2.97. The summed E-state index contributed by atoms with van der Waals surface area (Å²) in [7, 11) is 1.70. The highest BCUT2D eigenvalue weighted by Gasteiger charge is 2.13. The van der Waals surface area contributed by atoms with Crippen LogP contribution in [0.4, 0.5) is 14.6 Å². The molecule has 0 aliphatic heterocycles. The van der Waals surface area contributed by atoms with Crippen molar-refractivity contribution in [2.45, 2.75) is 10.2 Å². The molecule has 84 valence electrons. The molecule has 0 unspecified atom stereocenters. The molecular weight excluding hydrogens is 236 g/mol. The number of halogens is 2. The lowest BCUT2D eigenvalue weighted by molar-refractivity contribution is 0.552. The second kappa shape index (κ2) is 4.05. The molecule has 0 saturated carbocycles. The Bertz CT molecular complexity index is 527. The normalized spacial score (nSPS) is 10.7. The Balaban J connectivity index is 2.35. The maximum absolute atomic E-state index is 13.3. The minimum Gasteiger partial charge on any atom is -0.381 e. The lowest BCUT2D eigenvalue weighted by atomic mass is 10.4. The molecule has 0 saturated heterocycles. The minimum absolute atomic E-state index is 0.0324. The molecule has 16 heavy (non-hydrogen) atoms. The van der Waals surface area contributed by atoms with Crippen LogP contribution in [-0.4, -0.2) is 19.7 Å². The molecule has 0 radical (unpaired) electrons. The monoisotopic (exact) mass is 243 g/mol. The van der Waals surface area contributed by atoms with Gasteiger partial charge in [-0.15, -0.1) is 10.2 Å². The predicted octanol–water partition coefficient (Wildman–Crippen LogP) is 1.22. The number of rotatable bonds is 2. The van der Waals surface area contributed by atoms with Crippen molar-refractivity contribution in [1.82, 2.24) is 19.7 Å². The lowest BCUT2D eigenvalue weighted by Crippen LogP contribution is -1.99. The van der Waals surface area contributed by atoms with Gasteiger partial charge in [0.25, 0.3) is 0 Å². The maximum atomic E-state index is 13.3. The molecule has 8 heteroatoms. The van der Waals surface area contributed by atoms with Crippen molar-refractivity contribution in [1.29, 1.82) is 0 Å². The zero-order valence-electron chi connectivity index (χ0n) is 8.19.